The Balaban J connectivity index is 3.23. The van der Waals surface area contributed by atoms with Gasteiger partial charge in [0.15, 0.2) is 11.5 Å². The van der Waals surface area contributed by atoms with Gasteiger partial charge in [0.25, 0.3) is 0 Å². The molecule has 0 atom stereocenters. The lowest BCUT2D eigenvalue weighted by atomic mass is 10.1. The molecule has 1 aromatic rings. The number of carbonyl (C=O) groups excluding carboxylic acids is 1. The number of aryl methyl sites for hydroxylation is 1. The van der Waals surface area contributed by atoms with Crippen LogP contribution in [0.2, 0.25) is 0 Å². The van der Waals surface area contributed by atoms with E-state index in [1.807, 2.05) is 13.0 Å². The lowest BCUT2D eigenvalue weighted by Gasteiger charge is -2.18. The fraction of sp³-hybridized carbons (Fsp3) is 0.526. The predicted molar refractivity (Wildman–Crippen MR) is 92.5 cm³/mol. The molecule has 0 amide bonds. The highest BCUT2D eigenvalue weighted by Gasteiger charge is 2.19. The first-order valence-electron chi connectivity index (χ1n) is 8.43. The normalized spacial score (nSPS) is 10.8. The minimum absolute atomic E-state index is 0.410. The Morgan fingerprint density at radius 2 is 1.65 bits per heavy atom. The summed E-state index contributed by atoms with van der Waals surface area (Å²) in [6, 6.07) is 3.74. The van der Waals surface area contributed by atoms with Crippen molar-refractivity contribution in [1.29, 1.82) is 0 Å². The molecule has 0 bridgehead atoms. The molecular formula is C19H28O4. The fourth-order valence-electron chi connectivity index (χ4n) is 2.11. The van der Waals surface area contributed by atoms with E-state index < -0.39 is 5.97 Å². The third-order valence-corrected chi connectivity index (χ3v) is 3.09. The van der Waals surface area contributed by atoms with E-state index in [2.05, 4.69) is 13.8 Å². The Morgan fingerprint density at radius 3 is 2.22 bits per heavy atom. The lowest BCUT2D eigenvalue weighted by Crippen LogP contribution is -2.09. The Hall–Kier alpha value is -1.97. The van der Waals surface area contributed by atoms with Crippen molar-refractivity contribution in [2.24, 2.45) is 0 Å². The summed E-state index contributed by atoms with van der Waals surface area (Å²) in [5.74, 6) is 1.23. The second kappa shape index (κ2) is 10.7. The highest BCUT2D eigenvalue weighted by Crippen LogP contribution is 2.41. The van der Waals surface area contributed by atoms with Gasteiger partial charge in [-0.25, -0.2) is 4.79 Å². The largest absolute Gasteiger partial charge is 0.489 e. The first-order valence-corrected chi connectivity index (χ1v) is 8.43. The van der Waals surface area contributed by atoms with Crippen molar-refractivity contribution in [3.63, 3.8) is 0 Å². The fourth-order valence-corrected chi connectivity index (χ4v) is 2.11. The molecule has 4 nitrogen and oxygen atoms in total. The van der Waals surface area contributed by atoms with E-state index in [0.717, 1.165) is 31.2 Å². The number of ether oxygens (including phenoxy) is 3. The molecule has 0 aliphatic rings. The predicted octanol–water partition coefficient (Wildman–Crippen LogP) is 4.70. The summed E-state index contributed by atoms with van der Waals surface area (Å²) in [5.41, 5.74) is 1.08. The maximum Gasteiger partial charge on any atom is 0.335 e. The van der Waals surface area contributed by atoms with Crippen LogP contribution in [0.1, 0.15) is 52.5 Å². The Bertz CT molecular complexity index is 520. The molecular weight excluding hydrogens is 292 g/mol. The Labute approximate surface area is 139 Å². The van der Waals surface area contributed by atoms with Crippen LogP contribution in [0, 0.1) is 0 Å². The summed E-state index contributed by atoms with van der Waals surface area (Å²) in [4.78, 5) is 11.8. The molecule has 0 unspecified atom stereocenters. The van der Waals surface area contributed by atoms with Crippen LogP contribution >= 0.6 is 0 Å². The highest BCUT2D eigenvalue weighted by molar-refractivity contribution is 5.84. The molecule has 1 rings (SSSR count). The molecule has 0 N–H and O–H groups in total. The van der Waals surface area contributed by atoms with Crippen molar-refractivity contribution >= 4 is 5.97 Å². The van der Waals surface area contributed by atoms with E-state index in [4.69, 9.17) is 14.2 Å². The van der Waals surface area contributed by atoms with Crippen molar-refractivity contribution in [2.45, 2.75) is 53.4 Å². The van der Waals surface area contributed by atoms with Crippen LogP contribution < -0.4 is 14.2 Å². The minimum Gasteiger partial charge on any atom is -0.489 e. The molecule has 0 fully saturated rings. The smallest absolute Gasteiger partial charge is 0.335 e. The van der Waals surface area contributed by atoms with Gasteiger partial charge in [0.1, 0.15) is 0 Å². The summed E-state index contributed by atoms with van der Waals surface area (Å²) >= 11 is 0. The van der Waals surface area contributed by atoms with Gasteiger partial charge in [0.2, 0.25) is 5.75 Å². The zero-order chi connectivity index (χ0) is 17.1. The zero-order valence-corrected chi connectivity index (χ0v) is 14.7. The maximum atomic E-state index is 11.8. The first-order chi connectivity index (χ1) is 11.2. The third kappa shape index (κ3) is 5.97. The minimum atomic E-state index is -0.418. The molecule has 1 aromatic carbocycles. The van der Waals surface area contributed by atoms with Crippen LogP contribution in [-0.4, -0.2) is 19.2 Å². The van der Waals surface area contributed by atoms with Gasteiger partial charge in [0.05, 0.1) is 13.2 Å². The number of esters is 1. The topological polar surface area (TPSA) is 44.8 Å². The maximum absolute atomic E-state index is 11.8. The quantitative estimate of drug-likeness (QED) is 0.356. The van der Waals surface area contributed by atoms with Crippen LogP contribution in [0.4, 0.5) is 0 Å². The number of hydrogen-bond donors (Lipinski definition) is 0. The van der Waals surface area contributed by atoms with Crippen molar-refractivity contribution in [1.82, 2.24) is 0 Å². The SMILES string of the molecule is CC=CC(=O)Oc1ccc(CCC)c(OCCC)c1OCCC. The molecule has 23 heavy (non-hydrogen) atoms. The van der Waals surface area contributed by atoms with E-state index in [-0.39, 0.29) is 0 Å². The average molecular weight is 320 g/mol. The van der Waals surface area contributed by atoms with Crippen LogP contribution in [-0.2, 0) is 11.2 Å². The van der Waals surface area contributed by atoms with Crippen molar-refractivity contribution in [2.75, 3.05) is 13.2 Å². The van der Waals surface area contributed by atoms with Crippen LogP contribution in [0.25, 0.3) is 0 Å². The summed E-state index contributed by atoms with van der Waals surface area (Å²) in [6.07, 6.45) is 6.71. The molecule has 0 saturated heterocycles. The molecule has 0 aliphatic carbocycles. The zero-order valence-electron chi connectivity index (χ0n) is 14.7. The standard InChI is InChI=1S/C19H28O4/c1-5-9-15-11-12-16(23-17(20)10-6-2)19(22-14-8-4)18(15)21-13-7-3/h6,10-12H,5,7-9,13-14H2,1-4H3. The van der Waals surface area contributed by atoms with Gasteiger partial charge in [-0.1, -0.05) is 39.3 Å². The Kier molecular flexibility index (Phi) is 8.88. The van der Waals surface area contributed by atoms with Gasteiger partial charge in [-0.3, -0.25) is 0 Å². The van der Waals surface area contributed by atoms with Crippen molar-refractivity contribution in [3.8, 4) is 17.2 Å². The van der Waals surface area contributed by atoms with E-state index >= 15 is 0 Å². The molecule has 0 radical (unpaired) electrons. The van der Waals surface area contributed by atoms with Gasteiger partial charge in [0, 0.05) is 6.08 Å². The lowest BCUT2D eigenvalue weighted by molar-refractivity contribution is -0.129. The number of hydrogen-bond acceptors (Lipinski definition) is 4. The van der Waals surface area contributed by atoms with Gasteiger partial charge >= 0.3 is 5.97 Å². The molecule has 4 heteroatoms. The molecule has 0 heterocycles. The van der Waals surface area contributed by atoms with E-state index in [0.29, 0.717) is 30.5 Å². The van der Waals surface area contributed by atoms with Crippen molar-refractivity contribution < 1.29 is 19.0 Å². The summed E-state index contributed by atoms with van der Waals surface area (Å²) in [6.45, 7) is 9.14. The second-order valence-electron chi connectivity index (χ2n) is 5.25. The summed E-state index contributed by atoms with van der Waals surface area (Å²) < 4.78 is 17.2. The second-order valence-corrected chi connectivity index (χ2v) is 5.25. The average Bonchev–Trinajstić information content (AvgIpc) is 2.53. The van der Waals surface area contributed by atoms with E-state index in [9.17, 15) is 4.79 Å². The highest BCUT2D eigenvalue weighted by atomic mass is 16.6. The van der Waals surface area contributed by atoms with Gasteiger partial charge in [-0.05, 0) is 37.8 Å². The number of carbonyl (C=O) groups is 1. The number of benzene rings is 1. The van der Waals surface area contributed by atoms with Crippen molar-refractivity contribution in [3.05, 3.63) is 29.8 Å². The van der Waals surface area contributed by atoms with Crippen LogP contribution in [0.3, 0.4) is 0 Å². The first kappa shape index (κ1) is 19.1. The molecule has 0 saturated carbocycles. The third-order valence-electron chi connectivity index (χ3n) is 3.09. The van der Waals surface area contributed by atoms with E-state index in [1.54, 1.807) is 19.1 Å². The number of allylic oxidation sites excluding steroid dienone is 1. The summed E-state index contributed by atoms with van der Waals surface area (Å²) in [7, 11) is 0. The van der Waals surface area contributed by atoms with E-state index in [1.165, 1.54) is 6.08 Å². The van der Waals surface area contributed by atoms with Crippen LogP contribution in [0.15, 0.2) is 24.3 Å². The molecule has 0 aromatic heterocycles. The van der Waals surface area contributed by atoms with Gasteiger partial charge in [-0.2, -0.15) is 0 Å². The molecule has 0 aliphatic heterocycles. The van der Waals surface area contributed by atoms with Crippen LogP contribution in [0.5, 0.6) is 17.2 Å². The Morgan fingerprint density at radius 1 is 1.00 bits per heavy atom. The monoisotopic (exact) mass is 320 g/mol. The van der Waals surface area contributed by atoms with Gasteiger partial charge < -0.3 is 14.2 Å². The van der Waals surface area contributed by atoms with Gasteiger partial charge in [-0.15, -0.1) is 0 Å². The molecule has 128 valence electrons. The molecule has 0 spiro atoms. The summed E-state index contributed by atoms with van der Waals surface area (Å²) in [5, 5.41) is 0. The number of rotatable bonds is 10.